The molecule has 1 unspecified atom stereocenters. The number of aromatic nitrogens is 2. The normalized spacial score (nSPS) is 26.2. The molecular formula is C17H28N4O3S. The number of hydrogen-bond acceptors (Lipinski definition) is 4. The second kappa shape index (κ2) is 7.07. The molecule has 1 N–H and O–H groups in total. The van der Waals surface area contributed by atoms with Crippen molar-refractivity contribution >= 4 is 15.9 Å². The van der Waals surface area contributed by atoms with Crippen LogP contribution in [0.5, 0.6) is 0 Å². The molecule has 2 aliphatic rings. The molecule has 0 spiro atoms. The van der Waals surface area contributed by atoms with Crippen molar-refractivity contribution in [3.63, 3.8) is 0 Å². The largest absolute Gasteiger partial charge is 0.337 e. The fraction of sp³-hybridized carbons (Fsp3) is 0.765. The summed E-state index contributed by atoms with van der Waals surface area (Å²) in [6, 6.07) is 1.78. The van der Waals surface area contributed by atoms with E-state index in [-0.39, 0.29) is 29.5 Å². The number of nitrogens with zero attached hydrogens (tertiary/aromatic N) is 3. The molecule has 3 atom stereocenters. The zero-order chi connectivity index (χ0) is 18.2. The molecule has 2 fully saturated rings. The maximum absolute atomic E-state index is 12.7. The number of nitrogens with one attached hydrogen (secondary N) is 1. The van der Waals surface area contributed by atoms with Crippen molar-refractivity contribution in [2.24, 2.45) is 18.9 Å². The van der Waals surface area contributed by atoms with Gasteiger partial charge in [0.05, 0.1) is 5.75 Å². The van der Waals surface area contributed by atoms with E-state index in [0.717, 1.165) is 25.0 Å². The number of likely N-dealkylation sites (tertiary alicyclic amines) is 1. The predicted octanol–water partition coefficient (Wildman–Crippen LogP) is 1.30. The summed E-state index contributed by atoms with van der Waals surface area (Å²) in [5.74, 6) is 0.538. The van der Waals surface area contributed by atoms with Crippen LogP contribution in [0.15, 0.2) is 6.07 Å². The fourth-order valence-corrected chi connectivity index (χ4v) is 5.59. The third-order valence-corrected chi connectivity index (χ3v) is 6.99. The first-order chi connectivity index (χ1) is 11.8. The first-order valence-corrected chi connectivity index (χ1v) is 10.8. The van der Waals surface area contributed by atoms with Crippen LogP contribution >= 0.6 is 0 Å². The Kier molecular flexibility index (Phi) is 5.20. The van der Waals surface area contributed by atoms with Crippen molar-refractivity contribution in [2.45, 2.75) is 45.6 Å². The smallest absolute Gasteiger partial charge is 0.274 e. The van der Waals surface area contributed by atoms with Gasteiger partial charge < -0.3 is 4.90 Å². The first kappa shape index (κ1) is 18.4. The van der Waals surface area contributed by atoms with E-state index in [4.69, 9.17) is 0 Å². The number of carbonyl (C=O) groups is 1. The van der Waals surface area contributed by atoms with Gasteiger partial charge in [-0.1, -0.05) is 13.3 Å². The minimum atomic E-state index is -3.23. The van der Waals surface area contributed by atoms with Crippen molar-refractivity contribution in [1.29, 1.82) is 0 Å². The molecule has 0 radical (unpaired) electrons. The summed E-state index contributed by atoms with van der Waals surface area (Å²) in [5.41, 5.74) is 1.42. The molecule has 2 bridgehead atoms. The fourth-order valence-electron chi connectivity index (χ4n) is 4.01. The second-order valence-corrected chi connectivity index (χ2v) is 9.29. The quantitative estimate of drug-likeness (QED) is 0.820. The highest BCUT2D eigenvalue weighted by Gasteiger charge is 2.45. The van der Waals surface area contributed by atoms with E-state index in [0.29, 0.717) is 25.2 Å². The molecule has 7 nitrogen and oxygen atoms in total. The van der Waals surface area contributed by atoms with E-state index < -0.39 is 10.0 Å². The van der Waals surface area contributed by atoms with Gasteiger partial charge in [-0.15, -0.1) is 0 Å². The number of unbranched alkanes of at least 4 members (excludes halogenated alkanes) is 1. The third kappa shape index (κ3) is 3.89. The van der Waals surface area contributed by atoms with Crippen LogP contribution in [0.4, 0.5) is 0 Å². The molecule has 25 heavy (non-hydrogen) atoms. The molecule has 140 valence electrons. The van der Waals surface area contributed by atoms with Crippen LogP contribution in [0.2, 0.25) is 0 Å². The SMILES string of the molecule is CCCCS(=O)(=O)NC1[C@@H]2CC[C@H]1CN(C(=O)c1cc(C)n(C)n1)C2. The second-order valence-electron chi connectivity index (χ2n) is 7.42. The van der Waals surface area contributed by atoms with Gasteiger partial charge in [-0.2, -0.15) is 5.10 Å². The molecule has 1 saturated carbocycles. The Hall–Kier alpha value is -1.41. The molecule has 1 aromatic heterocycles. The van der Waals surface area contributed by atoms with Gasteiger partial charge in [0.15, 0.2) is 5.69 Å². The minimum Gasteiger partial charge on any atom is -0.337 e. The molecule has 1 aromatic rings. The Morgan fingerprint density at radius 1 is 1.32 bits per heavy atom. The van der Waals surface area contributed by atoms with Gasteiger partial charge in [0.1, 0.15) is 0 Å². The first-order valence-electron chi connectivity index (χ1n) is 9.10. The lowest BCUT2D eigenvalue weighted by atomic mass is 9.93. The highest BCUT2D eigenvalue weighted by Crippen LogP contribution is 2.37. The van der Waals surface area contributed by atoms with E-state index in [1.54, 1.807) is 4.68 Å². The van der Waals surface area contributed by atoms with E-state index in [9.17, 15) is 13.2 Å². The third-order valence-electron chi connectivity index (χ3n) is 5.54. The topological polar surface area (TPSA) is 84.3 Å². The Morgan fingerprint density at radius 3 is 2.48 bits per heavy atom. The van der Waals surface area contributed by atoms with Gasteiger partial charge >= 0.3 is 0 Å². The summed E-state index contributed by atoms with van der Waals surface area (Å²) in [7, 11) is -1.40. The van der Waals surface area contributed by atoms with E-state index in [2.05, 4.69) is 9.82 Å². The lowest BCUT2D eigenvalue weighted by molar-refractivity contribution is 0.0621. The monoisotopic (exact) mass is 368 g/mol. The Labute approximate surface area is 149 Å². The highest BCUT2D eigenvalue weighted by atomic mass is 32.2. The number of carbonyl (C=O) groups excluding carboxylic acids is 1. The number of fused-ring (bicyclic) bond motifs is 2. The standard InChI is InChI=1S/C17H28N4O3S/c1-4-5-8-25(23,24)19-16-13-6-7-14(16)11-21(10-13)17(22)15-9-12(2)20(3)18-15/h9,13-14,16,19H,4-8,10-11H2,1-3H3/t13-,14+,16?. The van der Waals surface area contributed by atoms with Crippen molar-refractivity contribution in [2.75, 3.05) is 18.8 Å². The summed E-state index contributed by atoms with van der Waals surface area (Å²) in [6.45, 7) is 5.12. The molecule has 2 heterocycles. The van der Waals surface area contributed by atoms with Crippen molar-refractivity contribution in [1.82, 2.24) is 19.4 Å². The maximum atomic E-state index is 12.7. The average Bonchev–Trinajstić information content (AvgIpc) is 2.99. The summed E-state index contributed by atoms with van der Waals surface area (Å²) in [4.78, 5) is 14.6. The molecule has 1 saturated heterocycles. The summed E-state index contributed by atoms with van der Waals surface area (Å²) in [6.07, 6.45) is 3.48. The Bertz CT molecular complexity index is 710. The molecule has 1 aliphatic heterocycles. The molecule has 1 aliphatic carbocycles. The predicted molar refractivity (Wildman–Crippen MR) is 95.7 cm³/mol. The van der Waals surface area contributed by atoms with Crippen molar-refractivity contribution < 1.29 is 13.2 Å². The zero-order valence-corrected chi connectivity index (χ0v) is 16.1. The van der Waals surface area contributed by atoms with E-state index >= 15 is 0 Å². The number of sulfonamides is 1. The van der Waals surface area contributed by atoms with E-state index in [1.807, 2.05) is 31.9 Å². The molecule has 8 heteroatoms. The Morgan fingerprint density at radius 2 is 1.96 bits per heavy atom. The van der Waals surface area contributed by atoms with Gasteiger partial charge in [0.25, 0.3) is 5.91 Å². The van der Waals surface area contributed by atoms with Crippen LogP contribution < -0.4 is 4.72 Å². The minimum absolute atomic E-state index is 0.0311. The zero-order valence-electron chi connectivity index (χ0n) is 15.2. The Balaban J connectivity index is 1.66. The van der Waals surface area contributed by atoms with Crippen LogP contribution in [0.25, 0.3) is 0 Å². The summed E-state index contributed by atoms with van der Waals surface area (Å²) >= 11 is 0. The van der Waals surface area contributed by atoms with Crippen LogP contribution in [0.1, 0.15) is 48.8 Å². The van der Waals surface area contributed by atoms with Gasteiger partial charge in [-0.3, -0.25) is 9.48 Å². The number of aryl methyl sites for hydroxylation is 2. The molecule has 0 aromatic carbocycles. The number of rotatable bonds is 6. The van der Waals surface area contributed by atoms with Crippen LogP contribution in [-0.2, 0) is 17.1 Å². The van der Waals surface area contributed by atoms with Crippen molar-refractivity contribution in [3.8, 4) is 0 Å². The molecule has 1 amide bonds. The summed E-state index contributed by atoms with van der Waals surface area (Å²) in [5, 5.41) is 4.28. The lowest BCUT2D eigenvalue weighted by Crippen LogP contribution is -2.54. The maximum Gasteiger partial charge on any atom is 0.274 e. The molecular weight excluding hydrogens is 340 g/mol. The lowest BCUT2D eigenvalue weighted by Gasteiger charge is -2.37. The van der Waals surface area contributed by atoms with Gasteiger partial charge in [-0.05, 0) is 44.1 Å². The number of hydrogen-bond donors (Lipinski definition) is 1. The van der Waals surface area contributed by atoms with Crippen molar-refractivity contribution in [3.05, 3.63) is 17.5 Å². The van der Waals surface area contributed by atoms with Gasteiger partial charge in [-0.25, -0.2) is 13.1 Å². The van der Waals surface area contributed by atoms with Crippen LogP contribution in [0, 0.1) is 18.8 Å². The highest BCUT2D eigenvalue weighted by molar-refractivity contribution is 7.89. The van der Waals surface area contributed by atoms with Gasteiger partial charge in [0, 0.05) is 31.9 Å². The average molecular weight is 369 g/mol. The van der Waals surface area contributed by atoms with Crippen LogP contribution in [0.3, 0.4) is 0 Å². The number of piperidine rings is 1. The van der Waals surface area contributed by atoms with Gasteiger partial charge in [0.2, 0.25) is 10.0 Å². The number of amides is 1. The summed E-state index contributed by atoms with van der Waals surface area (Å²) < 4.78 is 29.1. The van der Waals surface area contributed by atoms with E-state index in [1.165, 1.54) is 0 Å². The molecule has 3 rings (SSSR count). The van der Waals surface area contributed by atoms with Crippen LogP contribution in [-0.4, -0.2) is 53.9 Å².